The van der Waals surface area contributed by atoms with Gasteiger partial charge < -0.3 is 20.1 Å². The fourth-order valence-electron chi connectivity index (χ4n) is 1.05. The minimum atomic E-state index is -0.487. The van der Waals surface area contributed by atoms with E-state index in [1.54, 1.807) is 0 Å². The number of epoxide rings is 1. The van der Waals surface area contributed by atoms with Gasteiger partial charge in [0.2, 0.25) is 0 Å². The molecule has 1 atom stereocenters. The Morgan fingerprint density at radius 1 is 1.17 bits per heavy atom. The molecule has 1 aliphatic rings. The maximum atomic E-state index is 9.09. The second kappa shape index (κ2) is 2.28. The van der Waals surface area contributed by atoms with E-state index in [2.05, 4.69) is 0 Å². The summed E-state index contributed by atoms with van der Waals surface area (Å²) in [6.45, 7) is 0.601. The van der Waals surface area contributed by atoms with Crippen molar-refractivity contribution in [1.82, 2.24) is 0 Å². The third-order valence-electron chi connectivity index (χ3n) is 1.80. The van der Waals surface area contributed by atoms with Crippen molar-refractivity contribution >= 4 is 0 Å². The summed E-state index contributed by atoms with van der Waals surface area (Å²) in [7, 11) is 0. The largest absolute Gasteiger partial charge is 0.504 e. The first-order valence-electron chi connectivity index (χ1n) is 3.55. The van der Waals surface area contributed by atoms with Crippen molar-refractivity contribution in [2.24, 2.45) is 0 Å². The van der Waals surface area contributed by atoms with Gasteiger partial charge in [-0.15, -0.1) is 0 Å². The molecule has 0 spiro atoms. The average molecular weight is 168 g/mol. The lowest BCUT2D eigenvalue weighted by Gasteiger charge is -2.02. The molecule has 1 heterocycles. The maximum absolute atomic E-state index is 9.09. The van der Waals surface area contributed by atoms with Gasteiger partial charge in [-0.05, 0) is 17.7 Å². The molecule has 2 rings (SSSR count). The number of hydrogen-bond acceptors (Lipinski definition) is 4. The predicted octanol–water partition coefficient (Wildman–Crippen LogP) is 0.875. The van der Waals surface area contributed by atoms with E-state index < -0.39 is 5.75 Å². The lowest BCUT2D eigenvalue weighted by molar-refractivity contribution is 0.364. The van der Waals surface area contributed by atoms with Crippen LogP contribution in [0.25, 0.3) is 0 Å². The van der Waals surface area contributed by atoms with Crippen molar-refractivity contribution in [2.75, 3.05) is 6.61 Å². The highest BCUT2D eigenvalue weighted by Crippen LogP contribution is 2.40. The van der Waals surface area contributed by atoms with Crippen LogP contribution >= 0.6 is 0 Å². The molecule has 0 aromatic heterocycles. The summed E-state index contributed by atoms with van der Waals surface area (Å²) in [4.78, 5) is 0. The van der Waals surface area contributed by atoms with E-state index in [1.165, 1.54) is 12.1 Å². The molecule has 3 N–H and O–H groups in total. The van der Waals surface area contributed by atoms with Crippen molar-refractivity contribution in [3.05, 3.63) is 17.7 Å². The van der Waals surface area contributed by atoms with E-state index in [4.69, 9.17) is 20.1 Å². The number of hydrogen-bond donors (Lipinski definition) is 3. The first-order valence-corrected chi connectivity index (χ1v) is 3.55. The van der Waals surface area contributed by atoms with Gasteiger partial charge in [0.25, 0.3) is 0 Å². The van der Waals surface area contributed by atoms with Crippen LogP contribution < -0.4 is 0 Å². The van der Waals surface area contributed by atoms with Crippen LogP contribution in [-0.4, -0.2) is 21.9 Å². The fourth-order valence-corrected chi connectivity index (χ4v) is 1.05. The van der Waals surface area contributed by atoms with Gasteiger partial charge in [0.1, 0.15) is 6.10 Å². The standard InChI is InChI=1S/C8H8O4/c9-5-1-4(7-3-12-7)2-6(10)8(5)11/h1-2,7,9-11H,3H2. The van der Waals surface area contributed by atoms with Crippen LogP contribution in [0.15, 0.2) is 12.1 Å². The van der Waals surface area contributed by atoms with E-state index >= 15 is 0 Å². The van der Waals surface area contributed by atoms with Crippen molar-refractivity contribution < 1.29 is 20.1 Å². The van der Waals surface area contributed by atoms with E-state index in [9.17, 15) is 0 Å². The second-order valence-electron chi connectivity index (χ2n) is 2.73. The smallest absolute Gasteiger partial charge is 0.200 e. The molecule has 0 aliphatic carbocycles. The first-order chi connectivity index (χ1) is 5.68. The Labute approximate surface area is 68.7 Å². The minimum Gasteiger partial charge on any atom is -0.504 e. The maximum Gasteiger partial charge on any atom is 0.200 e. The lowest BCUT2D eigenvalue weighted by Crippen LogP contribution is -1.80. The van der Waals surface area contributed by atoms with Gasteiger partial charge in [-0.25, -0.2) is 0 Å². The highest BCUT2D eigenvalue weighted by Gasteiger charge is 2.26. The van der Waals surface area contributed by atoms with Crippen LogP contribution in [-0.2, 0) is 4.74 Å². The van der Waals surface area contributed by atoms with Gasteiger partial charge in [-0.2, -0.15) is 0 Å². The number of phenolic OH excluding ortho intramolecular Hbond substituents is 3. The van der Waals surface area contributed by atoms with E-state index in [0.717, 1.165) is 0 Å². The Kier molecular flexibility index (Phi) is 1.38. The second-order valence-corrected chi connectivity index (χ2v) is 2.73. The zero-order valence-corrected chi connectivity index (χ0v) is 6.19. The summed E-state index contributed by atoms with van der Waals surface area (Å²) in [5.74, 6) is -1.12. The summed E-state index contributed by atoms with van der Waals surface area (Å²) in [6, 6.07) is 2.76. The van der Waals surface area contributed by atoms with E-state index in [0.29, 0.717) is 12.2 Å². The number of aromatic hydroxyl groups is 3. The van der Waals surface area contributed by atoms with Gasteiger partial charge in [-0.3, -0.25) is 0 Å². The molecular weight excluding hydrogens is 160 g/mol. The Balaban J connectivity index is 2.45. The molecule has 1 aromatic carbocycles. The van der Waals surface area contributed by atoms with Crippen LogP contribution in [0.5, 0.6) is 17.2 Å². The molecule has 4 heteroatoms. The Bertz CT molecular complexity index is 294. The molecule has 12 heavy (non-hydrogen) atoms. The Morgan fingerprint density at radius 2 is 1.67 bits per heavy atom. The monoisotopic (exact) mass is 168 g/mol. The molecule has 1 unspecified atom stereocenters. The molecule has 0 radical (unpaired) electrons. The van der Waals surface area contributed by atoms with Crippen molar-refractivity contribution in [3.63, 3.8) is 0 Å². The molecule has 64 valence electrons. The lowest BCUT2D eigenvalue weighted by atomic mass is 10.1. The predicted molar refractivity (Wildman–Crippen MR) is 40.1 cm³/mol. The Morgan fingerprint density at radius 3 is 2.08 bits per heavy atom. The number of benzene rings is 1. The van der Waals surface area contributed by atoms with Gasteiger partial charge in [-0.1, -0.05) is 0 Å². The highest BCUT2D eigenvalue weighted by molar-refractivity contribution is 5.51. The molecule has 1 saturated heterocycles. The third kappa shape index (κ3) is 1.06. The van der Waals surface area contributed by atoms with Crippen LogP contribution in [0.1, 0.15) is 11.7 Å². The summed E-state index contributed by atoms with van der Waals surface area (Å²) >= 11 is 0. The van der Waals surface area contributed by atoms with Crippen LogP contribution in [0.3, 0.4) is 0 Å². The van der Waals surface area contributed by atoms with Crippen molar-refractivity contribution in [2.45, 2.75) is 6.10 Å². The summed E-state index contributed by atoms with van der Waals surface area (Å²) in [5.41, 5.74) is 0.683. The minimum absolute atomic E-state index is 0.0394. The zero-order valence-electron chi connectivity index (χ0n) is 6.19. The average Bonchev–Trinajstić information content (AvgIpc) is 2.81. The van der Waals surface area contributed by atoms with Gasteiger partial charge in [0.05, 0.1) is 6.61 Å². The molecule has 1 aromatic rings. The zero-order chi connectivity index (χ0) is 8.72. The molecular formula is C8H8O4. The van der Waals surface area contributed by atoms with Gasteiger partial charge in [0.15, 0.2) is 17.2 Å². The normalized spacial score (nSPS) is 20.8. The highest BCUT2D eigenvalue weighted by atomic mass is 16.6. The van der Waals surface area contributed by atoms with E-state index in [-0.39, 0.29) is 17.6 Å². The van der Waals surface area contributed by atoms with Crippen LogP contribution in [0.2, 0.25) is 0 Å². The topological polar surface area (TPSA) is 73.2 Å². The SMILES string of the molecule is Oc1cc(C2CO2)cc(O)c1O. The van der Waals surface area contributed by atoms with Crippen molar-refractivity contribution in [1.29, 1.82) is 0 Å². The summed E-state index contributed by atoms with van der Waals surface area (Å²) in [6.07, 6.45) is -0.0394. The summed E-state index contributed by atoms with van der Waals surface area (Å²) < 4.78 is 4.94. The van der Waals surface area contributed by atoms with E-state index in [1.807, 2.05) is 0 Å². The third-order valence-corrected chi connectivity index (χ3v) is 1.80. The van der Waals surface area contributed by atoms with Crippen LogP contribution in [0.4, 0.5) is 0 Å². The van der Waals surface area contributed by atoms with Crippen molar-refractivity contribution in [3.8, 4) is 17.2 Å². The molecule has 4 nitrogen and oxygen atoms in total. The van der Waals surface area contributed by atoms with Gasteiger partial charge >= 0.3 is 0 Å². The quantitative estimate of drug-likeness (QED) is 0.429. The van der Waals surface area contributed by atoms with Crippen LogP contribution in [0, 0.1) is 0 Å². The fraction of sp³-hybridized carbons (Fsp3) is 0.250. The molecule has 0 amide bonds. The first kappa shape index (κ1) is 7.24. The molecule has 1 fully saturated rings. The molecule has 0 saturated carbocycles. The van der Waals surface area contributed by atoms with Gasteiger partial charge in [0, 0.05) is 0 Å². The Hall–Kier alpha value is -1.42. The number of ether oxygens (including phenoxy) is 1. The number of rotatable bonds is 1. The number of phenols is 3. The molecule has 0 bridgehead atoms. The molecule has 1 aliphatic heterocycles. The summed E-state index contributed by atoms with van der Waals surface area (Å²) in [5, 5.41) is 27.2.